The molecule has 10 nitrogen and oxygen atoms in total. The fraction of sp³-hybridized carbons (Fsp3) is 0.529. The van der Waals surface area contributed by atoms with Gasteiger partial charge in [0.1, 0.15) is 12.7 Å². The number of ether oxygens (including phenoxy) is 6. The maximum atomic E-state index is 12.4. The molecular formula is C34H41ClO10. The average Bonchev–Trinajstić information content (AvgIpc) is 2.99. The van der Waals surface area contributed by atoms with Gasteiger partial charge in [-0.2, -0.15) is 0 Å². The van der Waals surface area contributed by atoms with E-state index in [-0.39, 0.29) is 6.61 Å². The first-order chi connectivity index (χ1) is 21.4. The highest BCUT2D eigenvalue weighted by atomic mass is 35.5. The number of halogens is 1. The number of carbonyl (C=O) groups is 4. The van der Waals surface area contributed by atoms with E-state index in [4.69, 9.17) is 40.0 Å². The molecule has 1 saturated heterocycles. The van der Waals surface area contributed by atoms with Crippen LogP contribution in [-0.4, -0.2) is 62.0 Å². The highest BCUT2D eigenvalue weighted by molar-refractivity contribution is 6.31. The Kier molecular flexibility index (Phi) is 11.6. The van der Waals surface area contributed by atoms with Crippen LogP contribution in [0.25, 0.3) is 0 Å². The van der Waals surface area contributed by atoms with Crippen LogP contribution in [0.2, 0.25) is 5.02 Å². The van der Waals surface area contributed by atoms with Crippen LogP contribution < -0.4 is 0 Å². The van der Waals surface area contributed by atoms with Gasteiger partial charge in [0.15, 0.2) is 12.2 Å². The zero-order chi connectivity index (χ0) is 32.7. The summed E-state index contributed by atoms with van der Waals surface area (Å²) in [6, 6.07) is 13.7. The fourth-order valence-electron chi connectivity index (χ4n) is 6.27. The Morgan fingerprint density at radius 2 is 1.44 bits per heavy atom. The van der Waals surface area contributed by atoms with E-state index in [0.717, 1.165) is 11.1 Å². The van der Waals surface area contributed by atoms with E-state index < -0.39 is 54.1 Å². The molecule has 2 aromatic rings. The van der Waals surface area contributed by atoms with E-state index >= 15 is 0 Å². The standard InChI is InChI=1S/C34H41ClO10/c1-20(36)41-19-30-31(42-21(2)37)32(43-22(3)38)33(44-23(4)39)34(40-5,45-30)28-15-16-29(35)27(18-28)17-24-11-13-26(14-12-24)25-9-7-6-8-10-25/h11-16,18,25,30-33H,6-10,17,19H2,1-5H3. The maximum Gasteiger partial charge on any atom is 0.303 e. The summed E-state index contributed by atoms with van der Waals surface area (Å²) in [7, 11) is 1.34. The molecule has 0 bridgehead atoms. The number of benzene rings is 2. The summed E-state index contributed by atoms with van der Waals surface area (Å²) in [4.78, 5) is 48.7. The van der Waals surface area contributed by atoms with Crippen molar-refractivity contribution in [3.05, 3.63) is 69.7 Å². The summed E-state index contributed by atoms with van der Waals surface area (Å²) < 4.78 is 34.5. The second-order valence-electron chi connectivity index (χ2n) is 11.6. The number of esters is 4. The van der Waals surface area contributed by atoms with E-state index in [0.29, 0.717) is 22.9 Å². The van der Waals surface area contributed by atoms with Crippen molar-refractivity contribution in [3.8, 4) is 0 Å². The van der Waals surface area contributed by atoms with Gasteiger partial charge in [-0.25, -0.2) is 0 Å². The van der Waals surface area contributed by atoms with Crippen molar-refractivity contribution in [2.45, 2.75) is 102 Å². The monoisotopic (exact) mass is 644 g/mol. The molecule has 2 aliphatic rings. The van der Waals surface area contributed by atoms with Crippen molar-refractivity contribution in [1.29, 1.82) is 0 Å². The zero-order valence-corrected chi connectivity index (χ0v) is 27.1. The third-order valence-corrected chi connectivity index (χ3v) is 8.61. The molecule has 11 heteroatoms. The molecule has 0 N–H and O–H groups in total. The fourth-order valence-corrected chi connectivity index (χ4v) is 6.46. The Morgan fingerprint density at radius 1 is 0.822 bits per heavy atom. The molecule has 0 spiro atoms. The number of rotatable bonds is 10. The van der Waals surface area contributed by atoms with Gasteiger partial charge in [0.05, 0.1) is 0 Å². The lowest BCUT2D eigenvalue weighted by Gasteiger charge is -2.50. The van der Waals surface area contributed by atoms with Gasteiger partial charge in [-0.05, 0) is 54.0 Å². The predicted octanol–water partition coefficient (Wildman–Crippen LogP) is 5.53. The smallest absolute Gasteiger partial charge is 0.303 e. The van der Waals surface area contributed by atoms with Gasteiger partial charge in [0.25, 0.3) is 0 Å². The van der Waals surface area contributed by atoms with Crippen LogP contribution in [0.4, 0.5) is 0 Å². The third kappa shape index (κ3) is 8.42. The van der Waals surface area contributed by atoms with Gasteiger partial charge in [0.2, 0.25) is 11.9 Å². The molecule has 0 amide bonds. The molecule has 1 aliphatic carbocycles. The van der Waals surface area contributed by atoms with Crippen molar-refractivity contribution >= 4 is 35.5 Å². The second kappa shape index (κ2) is 15.2. The molecule has 2 aromatic carbocycles. The van der Waals surface area contributed by atoms with Gasteiger partial charge in [-0.15, -0.1) is 0 Å². The molecule has 5 atom stereocenters. The number of hydrogen-bond donors (Lipinski definition) is 0. The average molecular weight is 645 g/mol. The van der Waals surface area contributed by atoms with Crippen molar-refractivity contribution in [1.82, 2.24) is 0 Å². The minimum absolute atomic E-state index is 0.378. The van der Waals surface area contributed by atoms with E-state index in [1.165, 1.54) is 72.5 Å². The van der Waals surface area contributed by atoms with Crippen LogP contribution >= 0.6 is 11.6 Å². The van der Waals surface area contributed by atoms with Crippen molar-refractivity contribution < 1.29 is 47.6 Å². The Labute approximate surface area is 268 Å². The van der Waals surface area contributed by atoms with Crippen LogP contribution in [0.3, 0.4) is 0 Å². The Hall–Kier alpha value is -3.47. The highest BCUT2D eigenvalue weighted by Crippen LogP contribution is 2.44. The van der Waals surface area contributed by atoms with Gasteiger partial charge >= 0.3 is 23.9 Å². The molecule has 45 heavy (non-hydrogen) atoms. The summed E-state index contributed by atoms with van der Waals surface area (Å²) in [6.45, 7) is 4.35. The first kappa shape index (κ1) is 34.4. The summed E-state index contributed by atoms with van der Waals surface area (Å²) >= 11 is 6.69. The minimum Gasteiger partial charge on any atom is -0.463 e. The van der Waals surface area contributed by atoms with Crippen LogP contribution in [0.15, 0.2) is 42.5 Å². The summed E-state index contributed by atoms with van der Waals surface area (Å²) in [5.41, 5.74) is 3.51. The van der Waals surface area contributed by atoms with E-state index in [9.17, 15) is 19.2 Å². The predicted molar refractivity (Wildman–Crippen MR) is 163 cm³/mol. The molecule has 244 valence electrons. The SMILES string of the molecule is COC1(c2ccc(Cl)c(Cc3ccc(C4CCCCC4)cc3)c2)OC(COC(C)=O)C(OC(C)=O)C(OC(C)=O)C1OC(C)=O. The van der Waals surface area contributed by atoms with Gasteiger partial charge in [-0.3, -0.25) is 19.2 Å². The van der Waals surface area contributed by atoms with Gasteiger partial charge in [-0.1, -0.05) is 61.2 Å². The lowest BCUT2D eigenvalue weighted by atomic mass is 9.83. The Bertz CT molecular complexity index is 1370. The largest absolute Gasteiger partial charge is 0.463 e. The molecule has 1 saturated carbocycles. The van der Waals surface area contributed by atoms with Crippen LogP contribution in [0.1, 0.15) is 88.0 Å². The lowest BCUT2D eigenvalue weighted by Crippen LogP contribution is -2.67. The normalized spacial score (nSPS) is 25.2. The highest BCUT2D eigenvalue weighted by Gasteiger charge is 2.61. The van der Waals surface area contributed by atoms with Crippen molar-refractivity contribution in [2.24, 2.45) is 0 Å². The Balaban J connectivity index is 1.76. The summed E-state index contributed by atoms with van der Waals surface area (Å²) in [5, 5.41) is 0.493. The Morgan fingerprint density at radius 3 is 2.02 bits per heavy atom. The number of hydrogen-bond acceptors (Lipinski definition) is 10. The summed E-state index contributed by atoms with van der Waals surface area (Å²) in [5.74, 6) is -4.10. The zero-order valence-electron chi connectivity index (χ0n) is 26.3. The molecule has 5 unspecified atom stereocenters. The molecule has 0 radical (unpaired) electrons. The molecule has 1 aliphatic heterocycles. The first-order valence-electron chi connectivity index (χ1n) is 15.2. The van der Waals surface area contributed by atoms with Crippen molar-refractivity contribution in [3.63, 3.8) is 0 Å². The molecule has 2 fully saturated rings. The quantitative estimate of drug-likeness (QED) is 0.241. The van der Waals surface area contributed by atoms with Crippen LogP contribution in [-0.2, 0) is 59.8 Å². The summed E-state index contributed by atoms with van der Waals surface area (Å²) in [6.07, 6.45) is 1.39. The molecule has 1 heterocycles. The van der Waals surface area contributed by atoms with Crippen LogP contribution in [0, 0.1) is 0 Å². The molecule has 0 aromatic heterocycles. The second-order valence-corrected chi connectivity index (χ2v) is 12.0. The van der Waals surface area contributed by atoms with Crippen LogP contribution in [0.5, 0.6) is 0 Å². The van der Waals surface area contributed by atoms with E-state index in [1.54, 1.807) is 18.2 Å². The molecule has 4 rings (SSSR count). The van der Waals surface area contributed by atoms with E-state index in [1.807, 2.05) is 0 Å². The lowest BCUT2D eigenvalue weighted by molar-refractivity contribution is -0.367. The van der Waals surface area contributed by atoms with Gasteiger partial charge in [0, 0.05) is 45.4 Å². The molecular weight excluding hydrogens is 604 g/mol. The van der Waals surface area contributed by atoms with Crippen molar-refractivity contribution in [2.75, 3.05) is 13.7 Å². The number of methoxy groups -OCH3 is 1. The van der Waals surface area contributed by atoms with Gasteiger partial charge < -0.3 is 28.4 Å². The minimum atomic E-state index is -1.89. The number of carbonyl (C=O) groups excluding carboxylic acids is 4. The third-order valence-electron chi connectivity index (χ3n) is 8.24. The topological polar surface area (TPSA) is 124 Å². The maximum absolute atomic E-state index is 12.4. The van der Waals surface area contributed by atoms with E-state index in [2.05, 4.69) is 24.3 Å². The first-order valence-corrected chi connectivity index (χ1v) is 15.6.